The van der Waals surface area contributed by atoms with Crippen LogP contribution in [0.2, 0.25) is 10.0 Å². The van der Waals surface area contributed by atoms with Crippen LogP contribution in [0.25, 0.3) is 0 Å². The highest BCUT2D eigenvalue weighted by molar-refractivity contribution is 6.32. The second-order valence-corrected chi connectivity index (χ2v) is 6.78. The summed E-state index contributed by atoms with van der Waals surface area (Å²) in [5, 5.41) is 3.88. The monoisotopic (exact) mass is 392 g/mol. The first-order valence-corrected chi connectivity index (χ1v) is 9.01. The number of amides is 3. The lowest BCUT2D eigenvalue weighted by Gasteiger charge is -2.25. The van der Waals surface area contributed by atoms with Crippen molar-refractivity contribution in [3.05, 3.63) is 64.1 Å². The summed E-state index contributed by atoms with van der Waals surface area (Å²) in [4.78, 5) is 26.6. The molecule has 1 aliphatic heterocycles. The first kappa shape index (κ1) is 18.5. The summed E-state index contributed by atoms with van der Waals surface area (Å²) >= 11 is 12.0. The highest BCUT2D eigenvalue weighted by Gasteiger charge is 2.51. The van der Waals surface area contributed by atoms with Crippen molar-refractivity contribution in [1.29, 1.82) is 0 Å². The molecule has 1 heterocycles. The van der Waals surface area contributed by atoms with E-state index in [1.165, 1.54) is 4.90 Å². The Bertz CT molecular complexity index is 826. The molecule has 0 saturated carbocycles. The first-order chi connectivity index (χ1) is 12.5. The molecule has 2 aromatic rings. The minimum absolute atomic E-state index is 0.130. The summed E-state index contributed by atoms with van der Waals surface area (Å²) in [7, 11) is 0. The molecule has 3 rings (SSSR count). The molecule has 1 aliphatic rings. The number of halogens is 2. The SMILES string of the molecule is CCC1(c2ccc(Cl)cc2)NC(=O)N(CCOc2ccccc2Cl)C1=O. The Kier molecular flexibility index (Phi) is 5.39. The molecule has 0 aliphatic carbocycles. The molecule has 1 atom stereocenters. The lowest BCUT2D eigenvalue weighted by atomic mass is 9.87. The molecule has 3 amide bonds. The molecular formula is C19H18Cl2N2O3. The number of carbonyl (C=O) groups excluding carboxylic acids is 2. The summed E-state index contributed by atoms with van der Waals surface area (Å²) in [5.74, 6) is 0.218. The van der Waals surface area contributed by atoms with Crippen LogP contribution in [0.4, 0.5) is 4.79 Å². The van der Waals surface area contributed by atoms with Crippen LogP contribution < -0.4 is 10.1 Å². The molecule has 26 heavy (non-hydrogen) atoms. The van der Waals surface area contributed by atoms with Gasteiger partial charge in [0.25, 0.3) is 5.91 Å². The molecule has 1 fully saturated rings. The van der Waals surface area contributed by atoms with Crippen molar-refractivity contribution >= 4 is 35.1 Å². The van der Waals surface area contributed by atoms with Gasteiger partial charge in [-0.15, -0.1) is 0 Å². The Morgan fingerprint density at radius 2 is 1.77 bits per heavy atom. The third kappa shape index (κ3) is 3.37. The van der Waals surface area contributed by atoms with Gasteiger partial charge in [0.2, 0.25) is 0 Å². The predicted molar refractivity (Wildman–Crippen MR) is 101 cm³/mol. The van der Waals surface area contributed by atoms with Crippen LogP contribution in [0.5, 0.6) is 5.75 Å². The molecule has 0 radical (unpaired) electrons. The number of hydrogen-bond donors (Lipinski definition) is 1. The fraction of sp³-hybridized carbons (Fsp3) is 0.263. The fourth-order valence-corrected chi connectivity index (χ4v) is 3.33. The average Bonchev–Trinajstić information content (AvgIpc) is 2.89. The van der Waals surface area contributed by atoms with Gasteiger partial charge in [-0.05, 0) is 36.2 Å². The van der Waals surface area contributed by atoms with Crippen molar-refractivity contribution in [1.82, 2.24) is 10.2 Å². The standard InChI is InChI=1S/C19H18Cl2N2O3/c1-2-19(13-7-9-14(20)10-8-13)17(24)23(18(25)22-19)11-12-26-16-6-4-3-5-15(16)21/h3-10H,2,11-12H2,1H3,(H,22,25). The highest BCUT2D eigenvalue weighted by Crippen LogP contribution is 2.33. The summed E-state index contributed by atoms with van der Waals surface area (Å²) in [6.45, 7) is 2.14. The van der Waals surface area contributed by atoms with E-state index in [9.17, 15) is 9.59 Å². The zero-order valence-electron chi connectivity index (χ0n) is 14.2. The van der Waals surface area contributed by atoms with Gasteiger partial charge in [-0.2, -0.15) is 0 Å². The van der Waals surface area contributed by atoms with Gasteiger partial charge in [0.15, 0.2) is 0 Å². The van der Waals surface area contributed by atoms with E-state index >= 15 is 0 Å². The molecule has 0 aromatic heterocycles. The van der Waals surface area contributed by atoms with Crippen molar-refractivity contribution in [2.45, 2.75) is 18.9 Å². The highest BCUT2D eigenvalue weighted by atomic mass is 35.5. The van der Waals surface area contributed by atoms with Gasteiger partial charge in [0.05, 0.1) is 11.6 Å². The number of rotatable bonds is 6. The van der Waals surface area contributed by atoms with Gasteiger partial charge in [0, 0.05) is 5.02 Å². The Balaban J connectivity index is 1.73. The topological polar surface area (TPSA) is 58.6 Å². The zero-order chi connectivity index (χ0) is 18.7. The molecule has 0 bridgehead atoms. The van der Waals surface area contributed by atoms with E-state index in [1.54, 1.807) is 48.5 Å². The van der Waals surface area contributed by atoms with E-state index in [-0.39, 0.29) is 19.1 Å². The van der Waals surface area contributed by atoms with Gasteiger partial charge in [0.1, 0.15) is 17.9 Å². The Morgan fingerprint density at radius 1 is 1.08 bits per heavy atom. The lowest BCUT2D eigenvalue weighted by Crippen LogP contribution is -2.43. The smallest absolute Gasteiger partial charge is 0.325 e. The van der Waals surface area contributed by atoms with Gasteiger partial charge < -0.3 is 10.1 Å². The minimum Gasteiger partial charge on any atom is -0.490 e. The third-order valence-electron chi connectivity index (χ3n) is 4.45. The van der Waals surface area contributed by atoms with Crippen molar-refractivity contribution in [2.24, 2.45) is 0 Å². The Hall–Kier alpha value is -2.24. The van der Waals surface area contributed by atoms with E-state index < -0.39 is 11.6 Å². The summed E-state index contributed by atoms with van der Waals surface area (Å²) in [6, 6.07) is 13.5. The van der Waals surface area contributed by atoms with Gasteiger partial charge in [-0.1, -0.05) is 54.4 Å². The molecule has 2 aromatic carbocycles. The largest absolute Gasteiger partial charge is 0.490 e. The number of nitrogens with zero attached hydrogens (tertiary/aromatic N) is 1. The number of urea groups is 1. The quantitative estimate of drug-likeness (QED) is 0.748. The molecule has 136 valence electrons. The zero-order valence-corrected chi connectivity index (χ0v) is 15.7. The van der Waals surface area contributed by atoms with E-state index in [2.05, 4.69) is 5.32 Å². The molecule has 7 heteroatoms. The molecular weight excluding hydrogens is 375 g/mol. The van der Waals surface area contributed by atoms with E-state index in [1.807, 2.05) is 6.92 Å². The number of nitrogens with one attached hydrogen (secondary N) is 1. The van der Waals surface area contributed by atoms with Crippen LogP contribution in [0.3, 0.4) is 0 Å². The molecule has 1 saturated heterocycles. The number of hydrogen-bond acceptors (Lipinski definition) is 3. The fourth-order valence-electron chi connectivity index (χ4n) is 3.01. The van der Waals surface area contributed by atoms with Crippen LogP contribution in [0.1, 0.15) is 18.9 Å². The first-order valence-electron chi connectivity index (χ1n) is 8.25. The van der Waals surface area contributed by atoms with E-state index in [4.69, 9.17) is 27.9 Å². The number of ether oxygens (including phenoxy) is 1. The van der Waals surface area contributed by atoms with Gasteiger partial charge >= 0.3 is 6.03 Å². The maximum atomic E-state index is 13.0. The Labute approximate surface area is 161 Å². The number of benzene rings is 2. The van der Waals surface area contributed by atoms with Crippen molar-refractivity contribution in [2.75, 3.05) is 13.2 Å². The van der Waals surface area contributed by atoms with Crippen molar-refractivity contribution in [3.8, 4) is 5.75 Å². The van der Waals surface area contributed by atoms with Crippen LogP contribution in [-0.4, -0.2) is 30.0 Å². The van der Waals surface area contributed by atoms with Crippen LogP contribution in [0, 0.1) is 0 Å². The van der Waals surface area contributed by atoms with Crippen LogP contribution in [0.15, 0.2) is 48.5 Å². The third-order valence-corrected chi connectivity index (χ3v) is 5.02. The number of para-hydroxylation sites is 1. The van der Waals surface area contributed by atoms with Gasteiger partial charge in [-0.3, -0.25) is 9.69 Å². The number of imide groups is 1. The average molecular weight is 393 g/mol. The van der Waals surface area contributed by atoms with Crippen LogP contribution in [-0.2, 0) is 10.3 Å². The van der Waals surface area contributed by atoms with E-state index in [0.29, 0.717) is 27.8 Å². The molecule has 1 N–H and O–H groups in total. The molecule has 1 unspecified atom stereocenters. The second kappa shape index (κ2) is 7.56. The number of carbonyl (C=O) groups is 2. The second-order valence-electron chi connectivity index (χ2n) is 5.93. The Morgan fingerprint density at radius 3 is 2.42 bits per heavy atom. The van der Waals surface area contributed by atoms with Gasteiger partial charge in [-0.25, -0.2) is 4.79 Å². The van der Waals surface area contributed by atoms with Crippen molar-refractivity contribution in [3.63, 3.8) is 0 Å². The normalized spacial score (nSPS) is 19.6. The molecule has 0 spiro atoms. The summed E-state index contributed by atoms with van der Waals surface area (Å²) in [6.07, 6.45) is 0.432. The minimum atomic E-state index is -1.08. The lowest BCUT2D eigenvalue weighted by molar-refractivity contribution is -0.132. The molecule has 5 nitrogen and oxygen atoms in total. The van der Waals surface area contributed by atoms with E-state index in [0.717, 1.165) is 0 Å². The maximum absolute atomic E-state index is 13.0. The summed E-state index contributed by atoms with van der Waals surface area (Å²) in [5.41, 5.74) is -0.372. The maximum Gasteiger partial charge on any atom is 0.325 e. The van der Waals surface area contributed by atoms with Crippen LogP contribution >= 0.6 is 23.2 Å². The summed E-state index contributed by atoms with van der Waals surface area (Å²) < 4.78 is 5.60. The predicted octanol–water partition coefficient (Wildman–Crippen LogP) is 4.23. The van der Waals surface area contributed by atoms with Crippen molar-refractivity contribution < 1.29 is 14.3 Å².